The zero-order valence-corrected chi connectivity index (χ0v) is 17.0. The second kappa shape index (κ2) is 8.10. The first-order chi connectivity index (χ1) is 13.6. The van der Waals surface area contributed by atoms with E-state index in [1.807, 2.05) is 62.0 Å². The molecule has 28 heavy (non-hydrogen) atoms. The van der Waals surface area contributed by atoms with Gasteiger partial charge in [0.1, 0.15) is 0 Å². The van der Waals surface area contributed by atoms with Gasteiger partial charge in [-0.15, -0.1) is 0 Å². The topological polar surface area (TPSA) is 50.2 Å². The molecule has 0 saturated carbocycles. The standard InChI is InChI=1S/C22H24N4OS/c1-16-14-19(25-10-12-28-13-11-25)8-9-21(16)24-22(27)20-15-23-26(17(20)2)18-6-4-3-5-7-18/h3-9,14-15H,10-13H2,1-2H3,(H,24,27). The molecule has 0 bridgehead atoms. The highest BCUT2D eigenvalue weighted by Gasteiger charge is 2.17. The molecule has 1 N–H and O–H groups in total. The fourth-order valence-electron chi connectivity index (χ4n) is 3.46. The highest BCUT2D eigenvalue weighted by atomic mass is 32.2. The van der Waals surface area contributed by atoms with Crippen molar-refractivity contribution in [3.8, 4) is 5.69 Å². The summed E-state index contributed by atoms with van der Waals surface area (Å²) in [6.07, 6.45) is 1.63. The van der Waals surface area contributed by atoms with Gasteiger partial charge in [-0.05, 0) is 49.7 Å². The quantitative estimate of drug-likeness (QED) is 0.719. The molecule has 0 atom stereocenters. The molecule has 0 radical (unpaired) electrons. The van der Waals surface area contributed by atoms with Crippen LogP contribution in [0.4, 0.5) is 11.4 Å². The van der Waals surface area contributed by atoms with E-state index in [-0.39, 0.29) is 5.91 Å². The van der Waals surface area contributed by atoms with Gasteiger partial charge in [0.15, 0.2) is 0 Å². The molecule has 1 saturated heterocycles. The van der Waals surface area contributed by atoms with E-state index in [0.717, 1.165) is 35.7 Å². The number of rotatable bonds is 4. The van der Waals surface area contributed by atoms with Crippen LogP contribution in [0.25, 0.3) is 5.69 Å². The Morgan fingerprint density at radius 3 is 2.50 bits per heavy atom. The number of hydrogen-bond acceptors (Lipinski definition) is 4. The Bertz CT molecular complexity index is 977. The fraction of sp³-hybridized carbons (Fsp3) is 0.273. The highest BCUT2D eigenvalue weighted by molar-refractivity contribution is 7.99. The Labute approximate surface area is 169 Å². The van der Waals surface area contributed by atoms with Gasteiger partial charge >= 0.3 is 0 Å². The zero-order chi connectivity index (χ0) is 19.5. The molecule has 0 unspecified atom stereocenters. The number of aromatic nitrogens is 2. The van der Waals surface area contributed by atoms with Crippen LogP contribution in [0, 0.1) is 13.8 Å². The molecule has 6 heteroatoms. The number of anilines is 2. The summed E-state index contributed by atoms with van der Waals surface area (Å²) in [4.78, 5) is 15.2. The van der Waals surface area contributed by atoms with E-state index in [1.165, 1.54) is 17.2 Å². The molecule has 1 aliphatic rings. The summed E-state index contributed by atoms with van der Waals surface area (Å²) in [5.41, 5.74) is 5.48. The van der Waals surface area contributed by atoms with Crippen molar-refractivity contribution in [3.05, 3.63) is 71.5 Å². The lowest BCUT2D eigenvalue weighted by Gasteiger charge is -2.29. The highest BCUT2D eigenvalue weighted by Crippen LogP contribution is 2.25. The number of benzene rings is 2. The van der Waals surface area contributed by atoms with E-state index >= 15 is 0 Å². The number of amides is 1. The van der Waals surface area contributed by atoms with Gasteiger partial charge in [0, 0.05) is 36.0 Å². The lowest BCUT2D eigenvalue weighted by atomic mass is 10.1. The van der Waals surface area contributed by atoms with Crippen LogP contribution >= 0.6 is 11.8 Å². The lowest BCUT2D eigenvalue weighted by Crippen LogP contribution is -2.32. The van der Waals surface area contributed by atoms with Gasteiger partial charge in [-0.25, -0.2) is 4.68 Å². The fourth-order valence-corrected chi connectivity index (χ4v) is 4.36. The summed E-state index contributed by atoms with van der Waals surface area (Å²) in [6.45, 7) is 6.11. The molecule has 144 valence electrons. The van der Waals surface area contributed by atoms with Crippen LogP contribution in [0.1, 0.15) is 21.6 Å². The van der Waals surface area contributed by atoms with Crippen molar-refractivity contribution in [1.82, 2.24) is 9.78 Å². The van der Waals surface area contributed by atoms with Crippen LogP contribution < -0.4 is 10.2 Å². The van der Waals surface area contributed by atoms with E-state index in [9.17, 15) is 4.79 Å². The second-order valence-corrected chi connectivity index (χ2v) is 8.17. The van der Waals surface area contributed by atoms with Gasteiger partial charge in [-0.1, -0.05) is 18.2 Å². The molecule has 4 rings (SSSR count). The third-order valence-corrected chi connectivity index (χ3v) is 6.03. The minimum Gasteiger partial charge on any atom is -0.370 e. The number of aryl methyl sites for hydroxylation is 1. The first kappa shape index (κ1) is 18.6. The van der Waals surface area contributed by atoms with Gasteiger partial charge in [0.25, 0.3) is 5.91 Å². The van der Waals surface area contributed by atoms with E-state index in [0.29, 0.717) is 5.56 Å². The third-order valence-electron chi connectivity index (χ3n) is 5.09. The normalized spacial score (nSPS) is 14.1. The van der Waals surface area contributed by atoms with E-state index in [2.05, 4.69) is 27.4 Å². The van der Waals surface area contributed by atoms with Crippen molar-refractivity contribution in [2.75, 3.05) is 34.8 Å². The van der Waals surface area contributed by atoms with E-state index < -0.39 is 0 Å². The van der Waals surface area contributed by atoms with Gasteiger partial charge in [0.05, 0.1) is 23.1 Å². The van der Waals surface area contributed by atoms with Crippen molar-refractivity contribution in [1.29, 1.82) is 0 Å². The molecule has 1 aromatic heterocycles. The summed E-state index contributed by atoms with van der Waals surface area (Å²) in [7, 11) is 0. The summed E-state index contributed by atoms with van der Waals surface area (Å²) in [6, 6.07) is 16.1. The molecular weight excluding hydrogens is 368 g/mol. The molecule has 3 aromatic rings. The summed E-state index contributed by atoms with van der Waals surface area (Å²) in [5.74, 6) is 2.20. The van der Waals surface area contributed by atoms with Gasteiger partial charge < -0.3 is 10.2 Å². The summed E-state index contributed by atoms with van der Waals surface area (Å²) >= 11 is 2.00. The number of nitrogens with zero attached hydrogens (tertiary/aromatic N) is 3. The zero-order valence-electron chi connectivity index (χ0n) is 16.2. The summed E-state index contributed by atoms with van der Waals surface area (Å²) < 4.78 is 1.79. The Hall–Kier alpha value is -2.73. The number of carbonyl (C=O) groups is 1. The number of nitrogens with one attached hydrogen (secondary N) is 1. The van der Waals surface area contributed by atoms with Crippen LogP contribution in [0.3, 0.4) is 0 Å². The van der Waals surface area contributed by atoms with Crippen molar-refractivity contribution < 1.29 is 4.79 Å². The molecule has 2 heterocycles. The minimum absolute atomic E-state index is 0.134. The minimum atomic E-state index is -0.134. The van der Waals surface area contributed by atoms with Gasteiger partial charge in [0.2, 0.25) is 0 Å². The van der Waals surface area contributed by atoms with Crippen molar-refractivity contribution >= 4 is 29.0 Å². The number of thioether (sulfide) groups is 1. The smallest absolute Gasteiger partial charge is 0.259 e. The Balaban J connectivity index is 1.52. The van der Waals surface area contributed by atoms with Crippen LogP contribution in [0.2, 0.25) is 0 Å². The van der Waals surface area contributed by atoms with Crippen molar-refractivity contribution in [2.45, 2.75) is 13.8 Å². The molecule has 2 aromatic carbocycles. The second-order valence-electron chi connectivity index (χ2n) is 6.94. The lowest BCUT2D eigenvalue weighted by molar-refractivity contribution is 0.102. The Morgan fingerprint density at radius 1 is 1.04 bits per heavy atom. The third kappa shape index (κ3) is 3.78. The van der Waals surface area contributed by atoms with Crippen LogP contribution in [0.15, 0.2) is 54.7 Å². The maximum absolute atomic E-state index is 12.8. The maximum atomic E-state index is 12.8. The molecule has 1 amide bonds. The van der Waals surface area contributed by atoms with Crippen LogP contribution in [-0.4, -0.2) is 40.3 Å². The first-order valence-electron chi connectivity index (χ1n) is 9.48. The molecule has 0 aliphatic carbocycles. The van der Waals surface area contributed by atoms with E-state index in [1.54, 1.807) is 10.9 Å². The van der Waals surface area contributed by atoms with Crippen molar-refractivity contribution in [2.24, 2.45) is 0 Å². The van der Waals surface area contributed by atoms with Crippen molar-refractivity contribution in [3.63, 3.8) is 0 Å². The van der Waals surface area contributed by atoms with Gasteiger partial charge in [-0.2, -0.15) is 16.9 Å². The first-order valence-corrected chi connectivity index (χ1v) is 10.6. The van der Waals surface area contributed by atoms with E-state index in [4.69, 9.17) is 0 Å². The number of carbonyl (C=O) groups excluding carboxylic acids is 1. The molecule has 0 spiro atoms. The monoisotopic (exact) mass is 392 g/mol. The van der Waals surface area contributed by atoms with Crippen LogP contribution in [-0.2, 0) is 0 Å². The van der Waals surface area contributed by atoms with Crippen LogP contribution in [0.5, 0.6) is 0 Å². The molecule has 5 nitrogen and oxygen atoms in total. The molecular formula is C22H24N4OS. The predicted molar refractivity (Wildman–Crippen MR) is 117 cm³/mol. The van der Waals surface area contributed by atoms with Gasteiger partial charge in [-0.3, -0.25) is 4.79 Å². The average Bonchev–Trinajstić information content (AvgIpc) is 3.12. The number of hydrogen-bond donors (Lipinski definition) is 1. The average molecular weight is 393 g/mol. The number of para-hydroxylation sites is 1. The Kier molecular flexibility index (Phi) is 5.39. The largest absolute Gasteiger partial charge is 0.370 e. The molecule has 1 aliphatic heterocycles. The SMILES string of the molecule is Cc1cc(N2CCSCC2)ccc1NC(=O)c1cnn(-c2ccccc2)c1C. The Morgan fingerprint density at radius 2 is 1.79 bits per heavy atom. The predicted octanol–water partition coefficient (Wildman–Crippen LogP) is 4.29. The summed E-state index contributed by atoms with van der Waals surface area (Å²) in [5, 5.41) is 7.44. The maximum Gasteiger partial charge on any atom is 0.259 e. The molecule has 1 fully saturated rings.